The molecule has 2 saturated heterocycles. The van der Waals surface area contributed by atoms with E-state index < -0.39 is 61.4 Å². The van der Waals surface area contributed by atoms with Crippen molar-refractivity contribution in [2.24, 2.45) is 0 Å². The topological polar surface area (TPSA) is 116 Å². The lowest BCUT2D eigenvalue weighted by molar-refractivity contribution is -0.360. The van der Waals surface area contributed by atoms with Crippen LogP contribution >= 0.6 is 0 Å². The Bertz CT molecular complexity index is 395. The lowest BCUT2D eigenvalue weighted by Crippen LogP contribution is -2.63. The molecule has 9 heteroatoms. The van der Waals surface area contributed by atoms with Crippen LogP contribution in [0, 0.1) is 0 Å². The standard InChI is InChI=1S/C15H28O9/c1-6-8(16)11(20-4)9(17)15(23-6)24-13-12(21-5)10(19-3)7(2)22-14(13)18/h6-18H,1-5H3/t6-,7-,8-,9+,10-,11+,12+,13+,14+,15-/m0/s1. The molecule has 0 aromatic rings. The van der Waals surface area contributed by atoms with Gasteiger partial charge < -0.3 is 43.7 Å². The van der Waals surface area contributed by atoms with E-state index in [-0.39, 0.29) is 0 Å². The zero-order valence-corrected chi connectivity index (χ0v) is 14.6. The van der Waals surface area contributed by atoms with Gasteiger partial charge in [0.25, 0.3) is 0 Å². The second kappa shape index (κ2) is 8.35. The van der Waals surface area contributed by atoms with Crippen LogP contribution in [0.4, 0.5) is 0 Å². The van der Waals surface area contributed by atoms with Gasteiger partial charge in [0.05, 0.1) is 12.2 Å². The molecule has 0 aromatic heterocycles. The van der Waals surface area contributed by atoms with Crippen molar-refractivity contribution < 1.29 is 43.7 Å². The van der Waals surface area contributed by atoms with E-state index in [1.165, 1.54) is 21.3 Å². The molecule has 0 spiro atoms. The fourth-order valence-corrected chi connectivity index (χ4v) is 3.27. The summed E-state index contributed by atoms with van der Waals surface area (Å²) in [5, 5.41) is 30.6. The van der Waals surface area contributed by atoms with Crippen LogP contribution in [0.3, 0.4) is 0 Å². The summed E-state index contributed by atoms with van der Waals surface area (Å²) >= 11 is 0. The summed E-state index contributed by atoms with van der Waals surface area (Å²) in [6.45, 7) is 3.39. The normalized spacial score (nSPS) is 50.0. The predicted molar refractivity (Wildman–Crippen MR) is 80.2 cm³/mol. The molecule has 2 aliphatic rings. The fraction of sp³-hybridized carbons (Fsp3) is 1.00. The van der Waals surface area contributed by atoms with Gasteiger partial charge in [0.1, 0.15) is 36.6 Å². The van der Waals surface area contributed by atoms with Gasteiger partial charge in [-0.1, -0.05) is 0 Å². The summed E-state index contributed by atoms with van der Waals surface area (Å²) in [6.07, 6.45) is -8.60. The van der Waals surface area contributed by atoms with Crippen LogP contribution in [0.25, 0.3) is 0 Å². The van der Waals surface area contributed by atoms with Crippen molar-refractivity contribution in [1.29, 1.82) is 0 Å². The minimum absolute atomic E-state index is 0.403. The molecule has 0 unspecified atom stereocenters. The monoisotopic (exact) mass is 352 g/mol. The molecule has 2 aliphatic heterocycles. The summed E-state index contributed by atoms with van der Waals surface area (Å²) in [7, 11) is 4.36. The van der Waals surface area contributed by atoms with Crippen molar-refractivity contribution in [1.82, 2.24) is 0 Å². The summed E-state index contributed by atoms with van der Waals surface area (Å²) < 4.78 is 32.6. The van der Waals surface area contributed by atoms with Crippen molar-refractivity contribution in [2.75, 3.05) is 21.3 Å². The molecule has 0 aromatic carbocycles. The van der Waals surface area contributed by atoms with E-state index in [9.17, 15) is 15.3 Å². The van der Waals surface area contributed by atoms with Gasteiger partial charge in [0.15, 0.2) is 12.6 Å². The Morgan fingerprint density at radius 2 is 1.25 bits per heavy atom. The zero-order valence-electron chi connectivity index (χ0n) is 14.6. The van der Waals surface area contributed by atoms with Gasteiger partial charge in [-0.25, -0.2) is 0 Å². The number of hydrogen-bond donors (Lipinski definition) is 3. The van der Waals surface area contributed by atoms with E-state index in [4.69, 9.17) is 28.4 Å². The highest BCUT2D eigenvalue weighted by Gasteiger charge is 2.50. The molecule has 0 aliphatic carbocycles. The second-order valence-corrected chi connectivity index (χ2v) is 6.12. The number of hydrogen-bond acceptors (Lipinski definition) is 9. The van der Waals surface area contributed by atoms with E-state index in [0.717, 1.165) is 0 Å². The van der Waals surface area contributed by atoms with Gasteiger partial charge >= 0.3 is 0 Å². The molecule has 3 N–H and O–H groups in total. The number of rotatable bonds is 5. The first-order valence-corrected chi connectivity index (χ1v) is 7.94. The molecule has 0 radical (unpaired) electrons. The molecule has 10 atom stereocenters. The highest BCUT2D eigenvalue weighted by Crippen LogP contribution is 2.30. The largest absolute Gasteiger partial charge is 0.388 e. The van der Waals surface area contributed by atoms with Crippen molar-refractivity contribution >= 4 is 0 Å². The van der Waals surface area contributed by atoms with Crippen molar-refractivity contribution in [3.05, 3.63) is 0 Å². The number of aliphatic hydroxyl groups is 3. The lowest BCUT2D eigenvalue weighted by Gasteiger charge is -2.46. The van der Waals surface area contributed by atoms with E-state index in [1.54, 1.807) is 13.8 Å². The molecule has 2 heterocycles. The van der Waals surface area contributed by atoms with Crippen LogP contribution in [0.5, 0.6) is 0 Å². The van der Waals surface area contributed by atoms with Gasteiger partial charge in [-0.15, -0.1) is 0 Å². The third-order valence-corrected chi connectivity index (χ3v) is 4.63. The fourth-order valence-electron chi connectivity index (χ4n) is 3.27. The lowest BCUT2D eigenvalue weighted by atomic mass is 9.97. The second-order valence-electron chi connectivity index (χ2n) is 6.12. The average Bonchev–Trinajstić information content (AvgIpc) is 2.54. The first-order chi connectivity index (χ1) is 11.3. The molecule has 0 bridgehead atoms. The SMILES string of the molecule is CO[C@@H]1[C@@H](O)[C@H](C)O[C@@H](O[C@@H]2[C@H](OC)[C@@H](OC)[C@H](C)O[C@H]2O)[C@@H]1O. The summed E-state index contributed by atoms with van der Waals surface area (Å²) in [6, 6.07) is 0. The summed E-state index contributed by atoms with van der Waals surface area (Å²) in [5.74, 6) is 0. The smallest absolute Gasteiger partial charge is 0.187 e. The summed E-state index contributed by atoms with van der Waals surface area (Å²) in [4.78, 5) is 0. The Balaban J connectivity index is 2.15. The molecular formula is C15H28O9. The van der Waals surface area contributed by atoms with E-state index in [1.807, 2.05) is 0 Å². The molecule has 9 nitrogen and oxygen atoms in total. The molecule has 24 heavy (non-hydrogen) atoms. The van der Waals surface area contributed by atoms with Crippen LogP contribution in [-0.2, 0) is 28.4 Å². The summed E-state index contributed by atoms with van der Waals surface area (Å²) in [5.41, 5.74) is 0. The molecule has 0 saturated carbocycles. The van der Waals surface area contributed by atoms with Crippen molar-refractivity contribution in [3.8, 4) is 0 Å². The maximum Gasteiger partial charge on any atom is 0.187 e. The minimum atomic E-state index is -1.28. The Morgan fingerprint density at radius 1 is 0.667 bits per heavy atom. The Labute approximate surface area is 141 Å². The highest BCUT2D eigenvalue weighted by atomic mass is 16.7. The van der Waals surface area contributed by atoms with Gasteiger partial charge in [-0.05, 0) is 13.8 Å². The van der Waals surface area contributed by atoms with Gasteiger partial charge in [0.2, 0.25) is 0 Å². The van der Waals surface area contributed by atoms with Crippen molar-refractivity contribution in [2.45, 2.75) is 75.3 Å². The Morgan fingerprint density at radius 3 is 1.79 bits per heavy atom. The first kappa shape index (κ1) is 20.0. The Hall–Kier alpha value is -0.360. The maximum absolute atomic E-state index is 10.3. The van der Waals surface area contributed by atoms with Gasteiger partial charge in [0, 0.05) is 21.3 Å². The third kappa shape index (κ3) is 3.74. The first-order valence-electron chi connectivity index (χ1n) is 7.94. The van der Waals surface area contributed by atoms with Gasteiger partial charge in [-0.2, -0.15) is 0 Å². The minimum Gasteiger partial charge on any atom is -0.388 e. The van der Waals surface area contributed by atoms with Crippen LogP contribution in [0.2, 0.25) is 0 Å². The third-order valence-electron chi connectivity index (χ3n) is 4.63. The number of methoxy groups -OCH3 is 3. The van der Waals surface area contributed by atoms with Crippen LogP contribution in [-0.4, -0.2) is 98.1 Å². The molecule has 2 fully saturated rings. The van der Waals surface area contributed by atoms with E-state index in [0.29, 0.717) is 0 Å². The number of ether oxygens (including phenoxy) is 6. The highest BCUT2D eigenvalue weighted by molar-refractivity contribution is 4.93. The van der Waals surface area contributed by atoms with Crippen LogP contribution < -0.4 is 0 Å². The molecule has 2 rings (SSSR count). The quantitative estimate of drug-likeness (QED) is 0.550. The zero-order chi connectivity index (χ0) is 18.0. The predicted octanol–water partition coefficient (Wildman–Crippen LogP) is -1.38. The molecular weight excluding hydrogens is 324 g/mol. The van der Waals surface area contributed by atoms with E-state index >= 15 is 0 Å². The Kier molecular flexibility index (Phi) is 6.94. The molecule has 0 amide bonds. The average molecular weight is 352 g/mol. The maximum atomic E-state index is 10.3. The van der Waals surface area contributed by atoms with E-state index in [2.05, 4.69) is 0 Å². The van der Waals surface area contributed by atoms with Crippen LogP contribution in [0.15, 0.2) is 0 Å². The van der Waals surface area contributed by atoms with Crippen molar-refractivity contribution in [3.63, 3.8) is 0 Å². The number of aliphatic hydroxyl groups excluding tert-OH is 3. The molecule has 142 valence electrons. The van der Waals surface area contributed by atoms with Crippen LogP contribution in [0.1, 0.15) is 13.8 Å². The van der Waals surface area contributed by atoms with Gasteiger partial charge in [-0.3, -0.25) is 0 Å².